The zero-order chi connectivity index (χ0) is 10.6. The first kappa shape index (κ1) is 11.4. The van der Waals surface area contributed by atoms with E-state index in [-0.39, 0.29) is 12.5 Å². The summed E-state index contributed by atoms with van der Waals surface area (Å²) in [7, 11) is 1.81. The van der Waals surface area contributed by atoms with Crippen LogP contribution in [0.5, 0.6) is 0 Å². The normalized spacial score (nSPS) is 20.0. The van der Waals surface area contributed by atoms with Gasteiger partial charge in [-0.05, 0) is 19.9 Å². The summed E-state index contributed by atoms with van der Waals surface area (Å²) < 4.78 is 0. The lowest BCUT2D eigenvalue weighted by Crippen LogP contribution is -2.45. The topological polar surface area (TPSA) is 78.6 Å². The van der Waals surface area contributed by atoms with Gasteiger partial charge >= 0.3 is 0 Å². The number of hydrogen-bond donors (Lipinski definition) is 3. The molecule has 0 aliphatic heterocycles. The highest BCUT2D eigenvalue weighted by atomic mass is 16.3. The van der Waals surface area contributed by atoms with Crippen molar-refractivity contribution in [3.63, 3.8) is 0 Å². The summed E-state index contributed by atoms with van der Waals surface area (Å²) in [6.45, 7) is 0.777. The summed E-state index contributed by atoms with van der Waals surface area (Å²) in [6.07, 6.45) is 3.82. The Labute approximate surface area is 84.2 Å². The monoisotopic (exact) mass is 201 g/mol. The fourth-order valence-electron chi connectivity index (χ4n) is 2.04. The number of nitrogens with two attached hydrogens (primary N) is 1. The van der Waals surface area contributed by atoms with E-state index in [0.29, 0.717) is 6.54 Å². The first-order valence-electron chi connectivity index (χ1n) is 4.96. The SMILES string of the molecule is CN(CC(=O)NN)CC1(O)CCCC1. The molecule has 1 saturated carbocycles. The van der Waals surface area contributed by atoms with Crippen LogP contribution in [0.1, 0.15) is 25.7 Å². The Morgan fingerprint density at radius 2 is 2.14 bits per heavy atom. The third kappa shape index (κ3) is 3.25. The van der Waals surface area contributed by atoms with Crippen LogP contribution >= 0.6 is 0 Å². The maximum atomic E-state index is 10.9. The molecular weight excluding hydrogens is 182 g/mol. The Kier molecular flexibility index (Phi) is 3.86. The molecule has 0 aromatic heterocycles. The molecule has 1 rings (SSSR count). The van der Waals surface area contributed by atoms with Gasteiger partial charge in [0.15, 0.2) is 0 Å². The minimum atomic E-state index is -0.594. The number of carbonyl (C=O) groups is 1. The van der Waals surface area contributed by atoms with Crippen molar-refractivity contribution in [2.75, 3.05) is 20.1 Å². The van der Waals surface area contributed by atoms with E-state index in [1.807, 2.05) is 7.05 Å². The van der Waals surface area contributed by atoms with E-state index in [9.17, 15) is 9.90 Å². The minimum absolute atomic E-state index is 0.228. The highest BCUT2D eigenvalue weighted by molar-refractivity contribution is 5.77. The molecule has 0 heterocycles. The molecule has 1 aliphatic carbocycles. The maximum absolute atomic E-state index is 10.9. The van der Waals surface area contributed by atoms with Crippen LogP contribution < -0.4 is 11.3 Å². The Balaban J connectivity index is 2.32. The van der Waals surface area contributed by atoms with E-state index in [2.05, 4.69) is 5.43 Å². The molecule has 1 fully saturated rings. The number of aliphatic hydroxyl groups is 1. The van der Waals surface area contributed by atoms with Crippen LogP contribution in [0, 0.1) is 0 Å². The fraction of sp³-hybridized carbons (Fsp3) is 0.889. The predicted octanol–water partition coefficient (Wildman–Crippen LogP) is -0.787. The number of likely N-dealkylation sites (N-methyl/N-ethyl adjacent to an activating group) is 1. The number of hydrazine groups is 1. The smallest absolute Gasteiger partial charge is 0.248 e. The molecule has 82 valence electrons. The van der Waals surface area contributed by atoms with Gasteiger partial charge in [0.25, 0.3) is 0 Å². The molecular formula is C9H19N3O2. The summed E-state index contributed by atoms with van der Waals surface area (Å²) in [5.74, 6) is 4.75. The zero-order valence-electron chi connectivity index (χ0n) is 8.62. The van der Waals surface area contributed by atoms with Crippen molar-refractivity contribution >= 4 is 5.91 Å². The largest absolute Gasteiger partial charge is 0.389 e. The Bertz CT molecular complexity index is 202. The molecule has 1 aliphatic rings. The molecule has 0 aromatic rings. The minimum Gasteiger partial charge on any atom is -0.389 e. The lowest BCUT2D eigenvalue weighted by molar-refractivity contribution is -0.122. The molecule has 5 heteroatoms. The number of hydrogen-bond acceptors (Lipinski definition) is 4. The molecule has 0 radical (unpaired) electrons. The second-order valence-electron chi connectivity index (χ2n) is 4.17. The van der Waals surface area contributed by atoms with Crippen molar-refractivity contribution in [2.24, 2.45) is 5.84 Å². The van der Waals surface area contributed by atoms with Crippen molar-refractivity contribution in [3.8, 4) is 0 Å². The van der Waals surface area contributed by atoms with E-state index >= 15 is 0 Å². The molecule has 4 N–H and O–H groups in total. The highest BCUT2D eigenvalue weighted by Crippen LogP contribution is 2.29. The lowest BCUT2D eigenvalue weighted by Gasteiger charge is -2.27. The summed E-state index contributed by atoms with van der Waals surface area (Å²) in [6, 6.07) is 0. The van der Waals surface area contributed by atoms with E-state index in [1.54, 1.807) is 4.90 Å². The molecule has 0 atom stereocenters. The average Bonchev–Trinajstić information content (AvgIpc) is 2.51. The van der Waals surface area contributed by atoms with Gasteiger partial charge in [-0.25, -0.2) is 5.84 Å². The van der Waals surface area contributed by atoms with Gasteiger partial charge in [-0.15, -0.1) is 0 Å². The second-order valence-corrected chi connectivity index (χ2v) is 4.17. The number of nitrogens with one attached hydrogen (secondary N) is 1. The Morgan fingerprint density at radius 3 is 2.64 bits per heavy atom. The van der Waals surface area contributed by atoms with Crippen molar-refractivity contribution in [1.82, 2.24) is 10.3 Å². The van der Waals surface area contributed by atoms with Gasteiger partial charge in [0, 0.05) is 6.54 Å². The third-order valence-electron chi connectivity index (χ3n) is 2.67. The number of amides is 1. The van der Waals surface area contributed by atoms with Gasteiger partial charge in [-0.3, -0.25) is 15.1 Å². The molecule has 14 heavy (non-hydrogen) atoms. The van der Waals surface area contributed by atoms with Crippen molar-refractivity contribution in [1.29, 1.82) is 0 Å². The van der Waals surface area contributed by atoms with E-state index in [1.165, 1.54) is 0 Å². The number of carbonyl (C=O) groups excluding carboxylic acids is 1. The molecule has 0 unspecified atom stereocenters. The predicted molar refractivity (Wildman–Crippen MR) is 53.2 cm³/mol. The number of nitrogens with zero attached hydrogens (tertiary/aromatic N) is 1. The molecule has 0 spiro atoms. The van der Waals surface area contributed by atoms with Gasteiger partial charge < -0.3 is 5.11 Å². The summed E-state index contributed by atoms with van der Waals surface area (Å²) in [5.41, 5.74) is 1.48. The second kappa shape index (κ2) is 4.72. The van der Waals surface area contributed by atoms with Crippen LogP contribution in [-0.4, -0.2) is 41.7 Å². The van der Waals surface area contributed by atoms with Gasteiger partial charge in [0.1, 0.15) is 0 Å². The number of rotatable bonds is 4. The Morgan fingerprint density at radius 1 is 1.57 bits per heavy atom. The van der Waals surface area contributed by atoms with Crippen molar-refractivity contribution in [2.45, 2.75) is 31.3 Å². The van der Waals surface area contributed by atoms with Crippen LogP contribution in [-0.2, 0) is 4.79 Å². The van der Waals surface area contributed by atoms with Gasteiger partial charge in [0.2, 0.25) is 5.91 Å². The van der Waals surface area contributed by atoms with Crippen LogP contribution in [0.25, 0.3) is 0 Å². The fourth-order valence-corrected chi connectivity index (χ4v) is 2.04. The summed E-state index contributed by atoms with van der Waals surface area (Å²) in [4.78, 5) is 12.7. The van der Waals surface area contributed by atoms with Crippen molar-refractivity contribution in [3.05, 3.63) is 0 Å². The summed E-state index contributed by atoms with van der Waals surface area (Å²) >= 11 is 0. The van der Waals surface area contributed by atoms with Crippen LogP contribution in [0.2, 0.25) is 0 Å². The lowest BCUT2D eigenvalue weighted by atomic mass is 10.0. The average molecular weight is 201 g/mol. The van der Waals surface area contributed by atoms with Gasteiger partial charge in [0.05, 0.1) is 12.1 Å². The quantitative estimate of drug-likeness (QED) is 0.316. The van der Waals surface area contributed by atoms with Gasteiger partial charge in [-0.2, -0.15) is 0 Å². The molecule has 0 saturated heterocycles. The zero-order valence-corrected chi connectivity index (χ0v) is 8.62. The van der Waals surface area contributed by atoms with Crippen LogP contribution in [0.4, 0.5) is 0 Å². The molecule has 5 nitrogen and oxygen atoms in total. The van der Waals surface area contributed by atoms with Crippen LogP contribution in [0.15, 0.2) is 0 Å². The standard InChI is InChI=1S/C9H19N3O2/c1-12(6-8(13)11-10)7-9(14)4-2-3-5-9/h14H,2-7,10H2,1H3,(H,11,13). The first-order chi connectivity index (χ1) is 6.56. The third-order valence-corrected chi connectivity index (χ3v) is 2.67. The van der Waals surface area contributed by atoms with E-state index in [0.717, 1.165) is 25.7 Å². The highest BCUT2D eigenvalue weighted by Gasteiger charge is 2.32. The van der Waals surface area contributed by atoms with E-state index < -0.39 is 5.60 Å². The Hall–Kier alpha value is -0.650. The molecule has 1 amide bonds. The van der Waals surface area contributed by atoms with Crippen molar-refractivity contribution < 1.29 is 9.90 Å². The van der Waals surface area contributed by atoms with Crippen LogP contribution in [0.3, 0.4) is 0 Å². The first-order valence-corrected chi connectivity index (χ1v) is 4.96. The van der Waals surface area contributed by atoms with E-state index in [4.69, 9.17) is 5.84 Å². The maximum Gasteiger partial charge on any atom is 0.248 e. The molecule has 0 aromatic carbocycles. The molecule has 0 bridgehead atoms. The summed E-state index contributed by atoms with van der Waals surface area (Å²) in [5, 5.41) is 10.0. The van der Waals surface area contributed by atoms with Gasteiger partial charge in [-0.1, -0.05) is 12.8 Å².